The fraction of sp³-hybridized carbons (Fsp3) is 0.300. The second-order valence-electron chi connectivity index (χ2n) is 3.44. The highest BCUT2D eigenvalue weighted by Gasteiger charge is 2.35. The normalized spacial score (nSPS) is 21.1. The Morgan fingerprint density at radius 2 is 2.12 bits per heavy atom. The zero-order valence-corrected chi connectivity index (χ0v) is 10.5. The lowest BCUT2D eigenvalue weighted by molar-refractivity contribution is -0.137. The van der Waals surface area contributed by atoms with Crippen LogP contribution in [0.4, 0.5) is 18.9 Å². The van der Waals surface area contributed by atoms with Crippen LogP contribution in [0.1, 0.15) is 5.56 Å². The van der Waals surface area contributed by atoms with Crippen molar-refractivity contribution in [2.75, 3.05) is 11.7 Å². The minimum atomic E-state index is -4.43. The molecular formula is C10H7F3INO2. The van der Waals surface area contributed by atoms with Crippen molar-refractivity contribution in [3.05, 3.63) is 29.8 Å². The Kier molecular flexibility index (Phi) is 3.30. The first kappa shape index (κ1) is 12.6. The second kappa shape index (κ2) is 4.45. The predicted octanol–water partition coefficient (Wildman–Crippen LogP) is 2.79. The Bertz CT molecular complexity index is 449. The first-order chi connectivity index (χ1) is 7.89. The number of halogens is 4. The van der Waals surface area contributed by atoms with Crippen LogP contribution in [0.5, 0.6) is 0 Å². The molecule has 1 heterocycles. The van der Waals surface area contributed by atoms with Gasteiger partial charge in [0.2, 0.25) is 0 Å². The summed E-state index contributed by atoms with van der Waals surface area (Å²) in [6.45, 7) is 0.176. The largest absolute Gasteiger partial charge is 0.416 e. The van der Waals surface area contributed by atoms with Crippen molar-refractivity contribution in [2.45, 2.75) is 10.1 Å². The third-order valence-corrected chi connectivity index (χ3v) is 3.12. The number of hydrogen-bond donors (Lipinski definition) is 0. The molecule has 17 heavy (non-hydrogen) atoms. The molecule has 1 aromatic carbocycles. The van der Waals surface area contributed by atoms with E-state index in [1.54, 1.807) is 0 Å². The number of alkyl halides is 4. The van der Waals surface area contributed by atoms with E-state index in [9.17, 15) is 18.0 Å². The van der Waals surface area contributed by atoms with E-state index in [0.717, 1.165) is 17.2 Å². The zero-order valence-electron chi connectivity index (χ0n) is 8.37. The van der Waals surface area contributed by atoms with Crippen LogP contribution in [0.2, 0.25) is 0 Å². The molecule has 0 N–H and O–H groups in total. The van der Waals surface area contributed by atoms with Crippen LogP contribution in [0.25, 0.3) is 0 Å². The molecule has 0 aromatic heterocycles. The molecular weight excluding hydrogens is 350 g/mol. The predicted molar refractivity (Wildman–Crippen MR) is 62.7 cm³/mol. The van der Waals surface area contributed by atoms with E-state index < -0.39 is 11.7 Å². The summed E-state index contributed by atoms with van der Waals surface area (Å²) < 4.78 is 37.1. The number of benzene rings is 1. The monoisotopic (exact) mass is 357 g/mol. The highest BCUT2D eigenvalue weighted by atomic mass is 127. The van der Waals surface area contributed by atoms with Crippen molar-refractivity contribution in [2.24, 2.45) is 0 Å². The van der Waals surface area contributed by atoms with Gasteiger partial charge in [0, 0.05) is 0 Å². The van der Waals surface area contributed by atoms with E-state index >= 15 is 0 Å². The number of rotatable bonds is 1. The Morgan fingerprint density at radius 1 is 1.41 bits per heavy atom. The molecule has 3 nitrogen and oxygen atoms in total. The highest BCUT2D eigenvalue weighted by Crippen LogP contribution is 2.33. The maximum absolute atomic E-state index is 12.5. The van der Waals surface area contributed by atoms with E-state index in [0.29, 0.717) is 0 Å². The fourth-order valence-electron chi connectivity index (χ4n) is 1.41. The van der Waals surface area contributed by atoms with Gasteiger partial charge in [0.25, 0.3) is 5.91 Å². The molecule has 2 rings (SSSR count). The number of hydroxylamine groups is 1. The third-order valence-electron chi connectivity index (χ3n) is 2.23. The first-order valence-corrected chi connectivity index (χ1v) is 5.92. The van der Waals surface area contributed by atoms with E-state index in [1.165, 1.54) is 12.1 Å². The topological polar surface area (TPSA) is 29.5 Å². The van der Waals surface area contributed by atoms with E-state index in [1.807, 2.05) is 22.6 Å². The van der Waals surface area contributed by atoms with Gasteiger partial charge in [-0.05, 0) is 18.2 Å². The van der Waals surface area contributed by atoms with Gasteiger partial charge in [-0.15, -0.1) is 0 Å². The van der Waals surface area contributed by atoms with Crippen molar-refractivity contribution >= 4 is 34.2 Å². The van der Waals surface area contributed by atoms with Crippen molar-refractivity contribution in [1.29, 1.82) is 0 Å². The second-order valence-corrected chi connectivity index (χ2v) is 4.95. The molecule has 1 aromatic rings. The lowest BCUT2D eigenvalue weighted by atomic mass is 10.2. The molecule has 1 saturated heterocycles. The van der Waals surface area contributed by atoms with Crippen LogP contribution in [0.3, 0.4) is 0 Å². The average molecular weight is 357 g/mol. The van der Waals surface area contributed by atoms with Crippen LogP contribution >= 0.6 is 22.6 Å². The van der Waals surface area contributed by atoms with E-state index in [-0.39, 0.29) is 22.1 Å². The summed E-state index contributed by atoms with van der Waals surface area (Å²) in [7, 11) is 0. The number of carbonyl (C=O) groups is 1. The Balaban J connectivity index is 2.31. The van der Waals surface area contributed by atoms with Gasteiger partial charge in [-0.2, -0.15) is 18.2 Å². The van der Waals surface area contributed by atoms with Crippen LogP contribution in [-0.2, 0) is 15.8 Å². The van der Waals surface area contributed by atoms with Crippen molar-refractivity contribution < 1.29 is 22.8 Å². The molecule has 0 aliphatic carbocycles. The molecule has 92 valence electrons. The highest BCUT2D eigenvalue weighted by molar-refractivity contribution is 14.1. The van der Waals surface area contributed by atoms with Crippen molar-refractivity contribution in [3.8, 4) is 0 Å². The van der Waals surface area contributed by atoms with Crippen LogP contribution in [0, 0.1) is 0 Å². The fourth-order valence-corrected chi connectivity index (χ4v) is 1.83. The van der Waals surface area contributed by atoms with Gasteiger partial charge in [-0.3, -0.25) is 9.63 Å². The lowest BCUT2D eigenvalue weighted by Gasteiger charge is -2.15. The van der Waals surface area contributed by atoms with Crippen LogP contribution in [-0.4, -0.2) is 16.4 Å². The maximum atomic E-state index is 12.5. The van der Waals surface area contributed by atoms with Crippen LogP contribution in [0.15, 0.2) is 24.3 Å². The smallest absolute Gasteiger partial charge is 0.271 e. The quantitative estimate of drug-likeness (QED) is 0.572. The molecule has 0 saturated carbocycles. The first-order valence-electron chi connectivity index (χ1n) is 4.68. The van der Waals surface area contributed by atoms with Crippen LogP contribution < -0.4 is 5.06 Å². The number of amides is 1. The molecule has 0 bridgehead atoms. The molecule has 0 spiro atoms. The summed E-state index contributed by atoms with van der Waals surface area (Å²) in [6.07, 6.45) is -4.43. The standard InChI is InChI=1S/C10H7F3INO2/c11-10(12,13)6-2-1-3-7(4-6)15-9(16)8(14)5-17-15/h1-4,8H,5H2. The Labute approximate surface area is 109 Å². The molecule has 1 atom stereocenters. The number of nitrogens with zero attached hydrogens (tertiary/aromatic N) is 1. The minimum absolute atomic E-state index is 0.101. The number of hydrogen-bond acceptors (Lipinski definition) is 2. The summed E-state index contributed by atoms with van der Waals surface area (Å²) in [5.41, 5.74) is -0.702. The van der Waals surface area contributed by atoms with E-state index in [2.05, 4.69) is 0 Å². The van der Waals surface area contributed by atoms with Gasteiger partial charge >= 0.3 is 6.18 Å². The van der Waals surface area contributed by atoms with Gasteiger partial charge in [0.1, 0.15) is 3.92 Å². The Morgan fingerprint density at radius 3 is 2.65 bits per heavy atom. The third kappa shape index (κ3) is 2.54. The molecule has 7 heteroatoms. The minimum Gasteiger partial charge on any atom is -0.271 e. The summed E-state index contributed by atoms with van der Waals surface area (Å²) in [5, 5.41) is 0.909. The summed E-state index contributed by atoms with van der Waals surface area (Å²) >= 11 is 1.89. The summed E-state index contributed by atoms with van der Waals surface area (Å²) in [4.78, 5) is 16.6. The van der Waals surface area contributed by atoms with Gasteiger partial charge in [0.05, 0.1) is 17.9 Å². The lowest BCUT2D eigenvalue weighted by Crippen LogP contribution is -2.26. The number of anilines is 1. The Hall–Kier alpha value is -0.830. The van der Waals surface area contributed by atoms with Crippen molar-refractivity contribution in [1.82, 2.24) is 0 Å². The maximum Gasteiger partial charge on any atom is 0.416 e. The molecule has 1 fully saturated rings. The van der Waals surface area contributed by atoms with Gasteiger partial charge in [-0.1, -0.05) is 28.7 Å². The SMILES string of the molecule is O=C1C(I)CON1c1cccc(C(F)(F)F)c1. The van der Waals surface area contributed by atoms with Gasteiger partial charge < -0.3 is 0 Å². The van der Waals surface area contributed by atoms with Gasteiger partial charge in [-0.25, -0.2) is 0 Å². The van der Waals surface area contributed by atoms with E-state index in [4.69, 9.17) is 4.84 Å². The molecule has 1 unspecified atom stereocenters. The summed E-state index contributed by atoms with van der Waals surface area (Å²) in [5.74, 6) is -0.343. The molecule has 1 amide bonds. The zero-order chi connectivity index (χ0) is 12.6. The molecule has 1 aliphatic heterocycles. The average Bonchev–Trinajstić information content (AvgIpc) is 2.59. The molecule has 1 aliphatic rings. The van der Waals surface area contributed by atoms with Gasteiger partial charge in [0.15, 0.2) is 0 Å². The van der Waals surface area contributed by atoms with Crippen molar-refractivity contribution in [3.63, 3.8) is 0 Å². The number of carbonyl (C=O) groups excluding carboxylic acids is 1. The summed E-state index contributed by atoms with van der Waals surface area (Å²) in [6, 6.07) is 4.50. The molecule has 0 radical (unpaired) electrons.